The van der Waals surface area contributed by atoms with Crippen molar-refractivity contribution in [3.05, 3.63) is 29.8 Å². The number of hydrogen-bond donors (Lipinski definition) is 4. The number of amides is 1. The maximum atomic E-state index is 11.8. The predicted molar refractivity (Wildman–Crippen MR) is 73.8 cm³/mol. The van der Waals surface area contributed by atoms with E-state index in [9.17, 15) is 14.4 Å². The third kappa shape index (κ3) is 6.05. The zero-order valence-corrected chi connectivity index (χ0v) is 10.00. The van der Waals surface area contributed by atoms with Gasteiger partial charge in [0, 0.05) is 17.7 Å². The molecule has 0 aliphatic carbocycles. The van der Waals surface area contributed by atoms with Gasteiger partial charge in [-0.1, -0.05) is 0 Å². The van der Waals surface area contributed by atoms with Crippen LogP contribution in [-0.2, 0) is 9.59 Å². The van der Waals surface area contributed by atoms with Crippen LogP contribution in [0.25, 0.3) is 0 Å². The number of aliphatic carboxylic acids is 2. The molecule has 0 saturated heterocycles. The summed E-state index contributed by atoms with van der Waals surface area (Å²) in [6.07, 6.45) is -0.510. The molecule has 0 aliphatic heterocycles. The van der Waals surface area contributed by atoms with Crippen molar-refractivity contribution in [3.63, 3.8) is 0 Å². The molecular weight excluding hydrogens is 275 g/mol. The molecule has 1 aromatic carbocycles. The number of hydrogen-bond acceptors (Lipinski definition) is 4. The monoisotopic (exact) mass is 290 g/mol. The van der Waals surface area contributed by atoms with E-state index in [2.05, 4.69) is 5.32 Å². The van der Waals surface area contributed by atoms with Crippen molar-refractivity contribution in [1.29, 1.82) is 0 Å². The summed E-state index contributed by atoms with van der Waals surface area (Å²) in [6.45, 7) is 0. The van der Waals surface area contributed by atoms with Gasteiger partial charge < -0.3 is 21.3 Å². The Balaban J connectivity index is 0.00000361. The minimum absolute atomic E-state index is 0. The molecule has 0 aromatic heterocycles. The topological polar surface area (TPSA) is 130 Å². The van der Waals surface area contributed by atoms with E-state index in [0.717, 1.165) is 0 Å². The number of nitrogens with one attached hydrogen (secondary N) is 1. The van der Waals surface area contributed by atoms with Gasteiger partial charge in [0.25, 0.3) is 5.91 Å². The Morgan fingerprint density at radius 2 is 1.70 bits per heavy atom. The zero-order chi connectivity index (χ0) is 14.4. The summed E-state index contributed by atoms with van der Waals surface area (Å²) in [7, 11) is 0. The van der Waals surface area contributed by atoms with E-state index in [4.69, 9.17) is 15.9 Å². The summed E-state index contributed by atoms with van der Waals surface area (Å²) in [5, 5.41) is 19.7. The van der Waals surface area contributed by atoms with Gasteiger partial charge in [0.2, 0.25) is 0 Å². The molecule has 0 fully saturated rings. The van der Waals surface area contributed by atoms with E-state index in [1.807, 2.05) is 0 Å². The van der Waals surface area contributed by atoms with Crippen molar-refractivity contribution < 1.29 is 24.6 Å². The molecule has 0 bridgehead atoms. The van der Waals surface area contributed by atoms with Crippen LogP contribution < -0.4 is 11.1 Å². The number of nitrogen functional groups attached to an aromatic ring is 1. The molecule has 1 amide bonds. The molecular formula is C12H15N2NaO5. The molecule has 0 spiro atoms. The van der Waals surface area contributed by atoms with Crippen LogP contribution in [0.15, 0.2) is 24.3 Å². The molecule has 20 heavy (non-hydrogen) atoms. The van der Waals surface area contributed by atoms with Gasteiger partial charge in [-0.25, -0.2) is 4.79 Å². The quantitative estimate of drug-likeness (QED) is 0.419. The van der Waals surface area contributed by atoms with Crippen molar-refractivity contribution >= 4 is 53.1 Å². The van der Waals surface area contributed by atoms with Crippen LogP contribution in [0.3, 0.4) is 0 Å². The summed E-state index contributed by atoms with van der Waals surface area (Å²) in [5.74, 6) is -2.98. The third-order valence-corrected chi connectivity index (χ3v) is 2.42. The Morgan fingerprint density at radius 3 is 2.15 bits per heavy atom. The van der Waals surface area contributed by atoms with Gasteiger partial charge in [-0.15, -0.1) is 0 Å². The van der Waals surface area contributed by atoms with E-state index >= 15 is 0 Å². The fourth-order valence-electron chi connectivity index (χ4n) is 1.40. The molecule has 0 heterocycles. The molecule has 8 heteroatoms. The first-order chi connectivity index (χ1) is 8.90. The van der Waals surface area contributed by atoms with Crippen LogP contribution in [-0.4, -0.2) is 63.7 Å². The number of carboxylic acid groups (broad SMARTS) is 2. The summed E-state index contributed by atoms with van der Waals surface area (Å²) < 4.78 is 0. The second-order valence-corrected chi connectivity index (χ2v) is 3.92. The summed E-state index contributed by atoms with van der Waals surface area (Å²) >= 11 is 0. The number of carbonyl (C=O) groups is 3. The first-order valence-corrected chi connectivity index (χ1v) is 5.51. The molecule has 0 saturated carbocycles. The van der Waals surface area contributed by atoms with Gasteiger partial charge in [-0.05, 0) is 30.7 Å². The Morgan fingerprint density at radius 1 is 1.15 bits per heavy atom. The first kappa shape index (κ1) is 18.4. The Labute approximate surface area is 137 Å². The fraction of sp³-hybridized carbons (Fsp3) is 0.250. The van der Waals surface area contributed by atoms with Gasteiger partial charge in [-0.2, -0.15) is 0 Å². The van der Waals surface area contributed by atoms with Crippen molar-refractivity contribution in [2.24, 2.45) is 0 Å². The van der Waals surface area contributed by atoms with E-state index in [-0.39, 0.29) is 48.0 Å². The number of carbonyl (C=O) groups excluding carboxylic acids is 1. The van der Waals surface area contributed by atoms with E-state index < -0.39 is 23.9 Å². The molecule has 104 valence electrons. The molecule has 0 radical (unpaired) electrons. The third-order valence-electron chi connectivity index (χ3n) is 2.42. The van der Waals surface area contributed by atoms with Gasteiger partial charge in [0.1, 0.15) is 6.04 Å². The van der Waals surface area contributed by atoms with Crippen molar-refractivity contribution in [1.82, 2.24) is 5.32 Å². The molecule has 1 unspecified atom stereocenters. The van der Waals surface area contributed by atoms with Crippen LogP contribution in [0, 0.1) is 0 Å². The Kier molecular flexibility index (Phi) is 7.90. The van der Waals surface area contributed by atoms with Crippen LogP contribution in [0.4, 0.5) is 5.69 Å². The normalized spacial score (nSPS) is 11.0. The standard InChI is InChI=1S/C12H14N2O5.Na.H/c13-8-3-1-7(2-4-8)11(17)14-9(12(18)19)5-6-10(15)16;;/h1-4,9H,5-6,13H2,(H,14,17)(H,15,16)(H,18,19);;. The average Bonchev–Trinajstić information content (AvgIpc) is 2.34. The summed E-state index contributed by atoms with van der Waals surface area (Å²) in [6, 6.07) is 4.71. The Bertz CT molecular complexity index is 489. The molecule has 5 N–H and O–H groups in total. The van der Waals surface area contributed by atoms with Crippen LogP contribution in [0.5, 0.6) is 0 Å². The maximum absolute atomic E-state index is 11.8. The summed E-state index contributed by atoms with van der Waals surface area (Å²) in [5.41, 5.74) is 6.21. The van der Waals surface area contributed by atoms with Gasteiger partial charge in [0.15, 0.2) is 0 Å². The van der Waals surface area contributed by atoms with E-state index in [1.165, 1.54) is 24.3 Å². The number of carboxylic acids is 2. The second kappa shape index (κ2) is 8.57. The molecule has 0 aliphatic rings. The van der Waals surface area contributed by atoms with Crippen molar-refractivity contribution in [2.75, 3.05) is 5.73 Å². The number of nitrogens with two attached hydrogens (primary N) is 1. The molecule has 1 atom stereocenters. The zero-order valence-electron chi connectivity index (χ0n) is 10.00. The number of anilines is 1. The number of benzene rings is 1. The predicted octanol–water partition coefficient (Wildman–Crippen LogP) is -0.332. The van der Waals surface area contributed by atoms with E-state index in [1.54, 1.807) is 0 Å². The second-order valence-electron chi connectivity index (χ2n) is 3.92. The fourth-order valence-corrected chi connectivity index (χ4v) is 1.40. The van der Waals surface area contributed by atoms with Gasteiger partial charge in [0.05, 0.1) is 0 Å². The van der Waals surface area contributed by atoms with Crippen LogP contribution in [0.1, 0.15) is 23.2 Å². The van der Waals surface area contributed by atoms with Crippen LogP contribution >= 0.6 is 0 Å². The SMILES string of the molecule is Nc1ccc(C(=O)NC(CCC(=O)O)C(=O)O)cc1.[NaH]. The molecule has 1 aromatic rings. The Hall–Kier alpha value is -1.57. The van der Waals surface area contributed by atoms with Gasteiger partial charge >= 0.3 is 41.5 Å². The van der Waals surface area contributed by atoms with Crippen molar-refractivity contribution in [2.45, 2.75) is 18.9 Å². The van der Waals surface area contributed by atoms with E-state index in [0.29, 0.717) is 5.69 Å². The van der Waals surface area contributed by atoms with Crippen LogP contribution in [0.2, 0.25) is 0 Å². The summed E-state index contributed by atoms with van der Waals surface area (Å²) in [4.78, 5) is 33.1. The average molecular weight is 290 g/mol. The minimum atomic E-state index is -1.27. The number of rotatable bonds is 6. The molecule has 1 rings (SSSR count). The molecule has 7 nitrogen and oxygen atoms in total. The van der Waals surface area contributed by atoms with Crippen molar-refractivity contribution in [3.8, 4) is 0 Å². The van der Waals surface area contributed by atoms with Gasteiger partial charge in [-0.3, -0.25) is 9.59 Å². The first-order valence-electron chi connectivity index (χ1n) is 5.51.